The first kappa shape index (κ1) is 13.0. The van der Waals surface area contributed by atoms with Gasteiger partial charge in [-0.3, -0.25) is 9.88 Å². The van der Waals surface area contributed by atoms with Crippen molar-refractivity contribution in [3.8, 4) is 0 Å². The van der Waals surface area contributed by atoms with Gasteiger partial charge in [-0.05, 0) is 51.0 Å². The molecule has 2 N–H and O–H groups in total. The molecule has 2 bridgehead atoms. The molecule has 0 aliphatic carbocycles. The fraction of sp³-hybridized carbons (Fsp3) is 0.667. The maximum atomic E-state index is 6.20. The highest BCUT2D eigenvalue weighted by molar-refractivity contribution is 5.08. The molecule has 1 aromatic rings. The number of likely N-dealkylation sites (N-methyl/N-ethyl adjacent to an activating group) is 1. The van der Waals surface area contributed by atoms with Crippen molar-refractivity contribution in [2.24, 2.45) is 11.7 Å². The Labute approximate surface area is 115 Å². The molecule has 2 fully saturated rings. The predicted molar refractivity (Wildman–Crippen MR) is 76.7 cm³/mol. The molecule has 3 atom stereocenters. The summed E-state index contributed by atoms with van der Waals surface area (Å²) in [5.74, 6) is 0.722. The Hall–Kier alpha value is -0.970. The summed E-state index contributed by atoms with van der Waals surface area (Å²) in [5, 5.41) is 0. The minimum atomic E-state index is 0.171. The van der Waals surface area contributed by atoms with Crippen molar-refractivity contribution >= 4 is 0 Å². The molecule has 2 aliphatic heterocycles. The lowest BCUT2D eigenvalue weighted by molar-refractivity contribution is 0.0205. The molecule has 2 saturated heterocycles. The van der Waals surface area contributed by atoms with Crippen LogP contribution >= 0.6 is 0 Å². The summed E-state index contributed by atoms with van der Waals surface area (Å²) in [6.45, 7) is 5.33. The lowest BCUT2D eigenvalue weighted by Gasteiger charge is -2.48. The highest BCUT2D eigenvalue weighted by atomic mass is 15.3. The number of nitrogens with two attached hydrogens (primary N) is 1. The van der Waals surface area contributed by atoms with Gasteiger partial charge >= 0.3 is 0 Å². The van der Waals surface area contributed by atoms with Crippen molar-refractivity contribution < 1.29 is 0 Å². The standard InChI is InChI=1S/C15H24N4/c1-18(11-14-4-2-3-7-17-14)15(12-16)6-9-19-8-5-13(15)10-19/h2-4,7,13H,5-6,8-12,16H2,1H3. The minimum Gasteiger partial charge on any atom is -0.329 e. The first-order valence-corrected chi connectivity index (χ1v) is 7.28. The first-order valence-electron chi connectivity index (χ1n) is 7.28. The molecule has 3 rings (SSSR count). The normalized spacial score (nSPS) is 33.8. The van der Waals surface area contributed by atoms with Gasteiger partial charge in [-0.2, -0.15) is 0 Å². The van der Waals surface area contributed by atoms with E-state index in [1.165, 1.54) is 32.5 Å². The second-order valence-corrected chi connectivity index (χ2v) is 6.02. The zero-order valence-electron chi connectivity index (χ0n) is 11.8. The van der Waals surface area contributed by atoms with Crippen LogP contribution in [-0.4, -0.2) is 53.5 Å². The fourth-order valence-corrected chi connectivity index (χ4v) is 3.85. The number of piperidine rings is 1. The van der Waals surface area contributed by atoms with E-state index < -0.39 is 0 Å². The minimum absolute atomic E-state index is 0.171. The average molecular weight is 260 g/mol. The molecule has 3 unspecified atom stereocenters. The van der Waals surface area contributed by atoms with Crippen molar-refractivity contribution in [3.05, 3.63) is 30.1 Å². The number of hydrogen-bond acceptors (Lipinski definition) is 4. The lowest BCUT2D eigenvalue weighted by Crippen LogP contribution is -2.60. The van der Waals surface area contributed by atoms with E-state index >= 15 is 0 Å². The number of nitrogens with zero attached hydrogens (tertiary/aromatic N) is 3. The van der Waals surface area contributed by atoms with E-state index in [0.717, 1.165) is 24.7 Å². The molecule has 4 nitrogen and oxygen atoms in total. The highest BCUT2D eigenvalue weighted by Gasteiger charge is 2.47. The van der Waals surface area contributed by atoms with Crippen LogP contribution in [0.5, 0.6) is 0 Å². The Morgan fingerprint density at radius 3 is 3.11 bits per heavy atom. The second-order valence-electron chi connectivity index (χ2n) is 6.02. The van der Waals surface area contributed by atoms with E-state index in [1.807, 2.05) is 12.3 Å². The largest absolute Gasteiger partial charge is 0.329 e. The van der Waals surface area contributed by atoms with Crippen molar-refractivity contribution in [2.75, 3.05) is 33.2 Å². The van der Waals surface area contributed by atoms with Crippen LogP contribution in [-0.2, 0) is 6.54 Å². The molecular formula is C15H24N4. The summed E-state index contributed by atoms with van der Waals surface area (Å²) in [6.07, 6.45) is 4.36. The van der Waals surface area contributed by atoms with Crippen LogP contribution in [0.2, 0.25) is 0 Å². The zero-order chi connectivity index (χ0) is 13.3. The van der Waals surface area contributed by atoms with Crippen LogP contribution in [0, 0.1) is 5.92 Å². The number of aromatic nitrogens is 1. The lowest BCUT2D eigenvalue weighted by atomic mass is 9.77. The molecule has 3 heterocycles. The third kappa shape index (κ3) is 2.29. The third-order valence-corrected chi connectivity index (χ3v) is 5.13. The summed E-state index contributed by atoms with van der Waals surface area (Å²) in [6, 6.07) is 6.13. The maximum absolute atomic E-state index is 6.20. The summed E-state index contributed by atoms with van der Waals surface area (Å²) in [5.41, 5.74) is 7.51. The predicted octanol–water partition coefficient (Wildman–Crippen LogP) is 0.937. The van der Waals surface area contributed by atoms with Crippen molar-refractivity contribution in [1.82, 2.24) is 14.8 Å². The number of pyridine rings is 1. The Morgan fingerprint density at radius 1 is 1.47 bits per heavy atom. The molecule has 0 spiro atoms. The van der Waals surface area contributed by atoms with Gasteiger partial charge in [-0.25, -0.2) is 0 Å². The molecule has 0 aromatic carbocycles. The molecule has 19 heavy (non-hydrogen) atoms. The zero-order valence-corrected chi connectivity index (χ0v) is 11.8. The monoisotopic (exact) mass is 260 g/mol. The van der Waals surface area contributed by atoms with Gasteiger partial charge in [0, 0.05) is 31.4 Å². The van der Waals surface area contributed by atoms with Gasteiger partial charge in [0.05, 0.1) is 5.69 Å². The molecule has 0 amide bonds. The Bertz CT molecular complexity index is 421. The van der Waals surface area contributed by atoms with E-state index in [0.29, 0.717) is 0 Å². The molecule has 4 heteroatoms. The Morgan fingerprint density at radius 2 is 2.37 bits per heavy atom. The SMILES string of the molecule is CN(Cc1ccccn1)C1(CN)CCN2CCC1C2. The van der Waals surface area contributed by atoms with E-state index in [4.69, 9.17) is 5.73 Å². The summed E-state index contributed by atoms with van der Waals surface area (Å²) in [4.78, 5) is 9.48. The van der Waals surface area contributed by atoms with Gasteiger partial charge in [-0.15, -0.1) is 0 Å². The summed E-state index contributed by atoms with van der Waals surface area (Å²) < 4.78 is 0. The molecule has 0 saturated carbocycles. The Kier molecular flexibility index (Phi) is 3.56. The van der Waals surface area contributed by atoms with Gasteiger partial charge in [0.2, 0.25) is 0 Å². The van der Waals surface area contributed by atoms with Gasteiger partial charge in [0.1, 0.15) is 0 Å². The fourth-order valence-electron chi connectivity index (χ4n) is 3.85. The summed E-state index contributed by atoms with van der Waals surface area (Å²) >= 11 is 0. The van der Waals surface area contributed by atoms with Crippen molar-refractivity contribution in [2.45, 2.75) is 24.9 Å². The molecule has 1 aromatic heterocycles. The number of rotatable bonds is 4. The third-order valence-electron chi connectivity index (χ3n) is 5.13. The van der Waals surface area contributed by atoms with Crippen LogP contribution in [0.1, 0.15) is 18.5 Å². The topological polar surface area (TPSA) is 45.4 Å². The van der Waals surface area contributed by atoms with Crippen LogP contribution in [0.4, 0.5) is 0 Å². The van der Waals surface area contributed by atoms with E-state index in [2.05, 4.69) is 34.0 Å². The van der Waals surface area contributed by atoms with Crippen LogP contribution < -0.4 is 5.73 Å². The molecule has 2 aliphatic rings. The summed E-state index contributed by atoms with van der Waals surface area (Å²) in [7, 11) is 2.22. The van der Waals surface area contributed by atoms with E-state index in [1.54, 1.807) is 0 Å². The van der Waals surface area contributed by atoms with Gasteiger partial charge < -0.3 is 10.6 Å². The van der Waals surface area contributed by atoms with Crippen LogP contribution in [0.15, 0.2) is 24.4 Å². The van der Waals surface area contributed by atoms with Crippen molar-refractivity contribution in [1.29, 1.82) is 0 Å². The average Bonchev–Trinajstić information content (AvgIpc) is 2.84. The molecule has 104 valence electrons. The molecular weight excluding hydrogens is 236 g/mol. The van der Waals surface area contributed by atoms with Gasteiger partial charge in [-0.1, -0.05) is 6.07 Å². The number of hydrogen-bond donors (Lipinski definition) is 1. The van der Waals surface area contributed by atoms with E-state index in [-0.39, 0.29) is 5.54 Å². The van der Waals surface area contributed by atoms with Crippen molar-refractivity contribution in [3.63, 3.8) is 0 Å². The smallest absolute Gasteiger partial charge is 0.0544 e. The van der Waals surface area contributed by atoms with Gasteiger partial charge in [0.25, 0.3) is 0 Å². The molecule has 0 radical (unpaired) electrons. The quantitative estimate of drug-likeness (QED) is 0.875. The Balaban J connectivity index is 1.77. The maximum Gasteiger partial charge on any atom is 0.0544 e. The van der Waals surface area contributed by atoms with Gasteiger partial charge in [0.15, 0.2) is 0 Å². The van der Waals surface area contributed by atoms with E-state index in [9.17, 15) is 0 Å². The van der Waals surface area contributed by atoms with Crippen LogP contribution in [0.25, 0.3) is 0 Å². The van der Waals surface area contributed by atoms with Crippen LogP contribution in [0.3, 0.4) is 0 Å². The first-order chi connectivity index (χ1) is 9.24. The number of fused-ring (bicyclic) bond motifs is 2. The highest BCUT2D eigenvalue weighted by Crippen LogP contribution is 2.39. The second kappa shape index (κ2) is 5.19.